The van der Waals surface area contributed by atoms with E-state index in [9.17, 15) is 4.39 Å². The third-order valence-corrected chi connectivity index (χ3v) is 5.22. The zero-order chi connectivity index (χ0) is 15.1. The number of anilines is 2. The summed E-state index contributed by atoms with van der Waals surface area (Å²) in [7, 11) is 0. The van der Waals surface area contributed by atoms with Crippen LogP contribution in [0, 0.1) is 12.7 Å². The Morgan fingerprint density at radius 1 is 1.09 bits per heavy atom. The first-order chi connectivity index (χ1) is 10.7. The first-order valence-corrected chi connectivity index (χ1v) is 8.34. The number of hydrogen-bond acceptors (Lipinski definition) is 4. The maximum Gasteiger partial charge on any atom is 0.143 e. The number of nitrogens with zero attached hydrogens (tertiary/aromatic N) is 2. The van der Waals surface area contributed by atoms with E-state index in [-0.39, 0.29) is 18.2 Å². The van der Waals surface area contributed by atoms with Crippen molar-refractivity contribution in [2.75, 3.05) is 5.32 Å². The molecule has 0 aliphatic heterocycles. The summed E-state index contributed by atoms with van der Waals surface area (Å²) in [6.07, 6.45) is 4.72. The number of aryl methyl sites for hydroxylation is 3. The van der Waals surface area contributed by atoms with Gasteiger partial charge in [-0.15, -0.1) is 23.7 Å². The molecule has 0 spiro atoms. The molecule has 0 amide bonds. The molecule has 3 aromatic rings. The molecule has 6 heteroatoms. The minimum atomic E-state index is -0.234. The van der Waals surface area contributed by atoms with Crippen molar-refractivity contribution >= 4 is 45.5 Å². The summed E-state index contributed by atoms with van der Waals surface area (Å²) < 4.78 is 13.1. The van der Waals surface area contributed by atoms with Gasteiger partial charge >= 0.3 is 0 Å². The average Bonchev–Trinajstić information content (AvgIpc) is 2.87. The van der Waals surface area contributed by atoms with Gasteiger partial charge in [-0.2, -0.15) is 0 Å². The number of thiophene rings is 1. The van der Waals surface area contributed by atoms with Gasteiger partial charge in [-0.3, -0.25) is 0 Å². The molecule has 3 nitrogen and oxygen atoms in total. The van der Waals surface area contributed by atoms with Crippen LogP contribution in [0.15, 0.2) is 24.3 Å². The average molecular weight is 350 g/mol. The quantitative estimate of drug-likeness (QED) is 0.692. The minimum Gasteiger partial charge on any atom is -0.340 e. The molecule has 0 atom stereocenters. The van der Waals surface area contributed by atoms with Crippen LogP contribution in [0.3, 0.4) is 0 Å². The summed E-state index contributed by atoms with van der Waals surface area (Å²) in [5.41, 5.74) is 2.24. The highest BCUT2D eigenvalue weighted by atomic mass is 35.5. The molecular weight excluding hydrogens is 333 g/mol. The summed E-state index contributed by atoms with van der Waals surface area (Å²) in [6, 6.07) is 6.38. The number of halogens is 2. The van der Waals surface area contributed by atoms with Gasteiger partial charge in [-0.1, -0.05) is 0 Å². The molecule has 1 aliphatic rings. The van der Waals surface area contributed by atoms with Crippen molar-refractivity contribution in [2.24, 2.45) is 0 Å². The van der Waals surface area contributed by atoms with E-state index in [0.717, 1.165) is 40.4 Å². The van der Waals surface area contributed by atoms with E-state index in [1.165, 1.54) is 35.4 Å². The van der Waals surface area contributed by atoms with Gasteiger partial charge < -0.3 is 5.32 Å². The lowest BCUT2D eigenvalue weighted by molar-refractivity contribution is 0.628. The van der Waals surface area contributed by atoms with Crippen LogP contribution < -0.4 is 5.32 Å². The van der Waals surface area contributed by atoms with E-state index in [4.69, 9.17) is 0 Å². The summed E-state index contributed by atoms with van der Waals surface area (Å²) in [5, 5.41) is 4.49. The molecule has 1 N–H and O–H groups in total. The predicted molar refractivity (Wildman–Crippen MR) is 95.7 cm³/mol. The highest BCUT2D eigenvalue weighted by molar-refractivity contribution is 7.19. The van der Waals surface area contributed by atoms with Gasteiger partial charge in [0, 0.05) is 10.6 Å². The van der Waals surface area contributed by atoms with Crippen molar-refractivity contribution in [1.82, 2.24) is 9.97 Å². The highest BCUT2D eigenvalue weighted by Gasteiger charge is 2.20. The van der Waals surface area contributed by atoms with Crippen molar-refractivity contribution in [1.29, 1.82) is 0 Å². The van der Waals surface area contributed by atoms with Gasteiger partial charge in [0.1, 0.15) is 22.3 Å². The Balaban J connectivity index is 0.00000156. The summed E-state index contributed by atoms with van der Waals surface area (Å²) in [4.78, 5) is 11.7. The predicted octanol–water partition coefficient (Wildman–Crippen LogP) is 5.18. The van der Waals surface area contributed by atoms with E-state index < -0.39 is 0 Å². The summed E-state index contributed by atoms with van der Waals surface area (Å²) >= 11 is 1.79. The fraction of sp³-hybridized carbons (Fsp3) is 0.294. The second-order valence-corrected chi connectivity index (χ2v) is 6.73. The number of aromatic nitrogens is 2. The van der Waals surface area contributed by atoms with E-state index in [2.05, 4.69) is 15.3 Å². The number of rotatable bonds is 2. The van der Waals surface area contributed by atoms with Crippen molar-refractivity contribution in [3.63, 3.8) is 0 Å². The van der Waals surface area contributed by atoms with E-state index in [1.807, 2.05) is 6.92 Å². The van der Waals surface area contributed by atoms with Crippen LogP contribution in [0.5, 0.6) is 0 Å². The fourth-order valence-corrected chi connectivity index (χ4v) is 4.33. The van der Waals surface area contributed by atoms with Gasteiger partial charge in [0.05, 0.1) is 5.39 Å². The molecule has 23 heavy (non-hydrogen) atoms. The normalized spacial score (nSPS) is 13.5. The molecule has 0 unspecified atom stereocenters. The fourth-order valence-electron chi connectivity index (χ4n) is 3.02. The first kappa shape index (κ1) is 16.1. The monoisotopic (exact) mass is 349 g/mol. The molecule has 1 aromatic carbocycles. The molecule has 0 fully saturated rings. The van der Waals surface area contributed by atoms with Gasteiger partial charge in [-0.05, 0) is 62.4 Å². The molecule has 1 aliphatic carbocycles. The number of benzene rings is 1. The molecule has 2 aromatic heterocycles. The SMILES string of the molecule is Cc1nc(Nc2ccc(F)cc2)c2c3c(sc2n1)CCCC3.Cl. The number of nitrogens with one attached hydrogen (secondary N) is 1. The van der Waals surface area contributed by atoms with Crippen LogP contribution in [-0.2, 0) is 12.8 Å². The zero-order valence-corrected chi connectivity index (χ0v) is 14.4. The summed E-state index contributed by atoms with van der Waals surface area (Å²) in [5.74, 6) is 1.37. The third kappa shape index (κ3) is 3.03. The Morgan fingerprint density at radius 3 is 2.61 bits per heavy atom. The van der Waals surface area contributed by atoms with Crippen LogP contribution in [0.2, 0.25) is 0 Å². The van der Waals surface area contributed by atoms with Crippen LogP contribution >= 0.6 is 23.7 Å². The van der Waals surface area contributed by atoms with Crippen molar-refractivity contribution in [3.05, 3.63) is 46.3 Å². The molecule has 120 valence electrons. The summed E-state index contributed by atoms with van der Waals surface area (Å²) in [6.45, 7) is 1.91. The van der Waals surface area contributed by atoms with Gasteiger partial charge in [-0.25, -0.2) is 14.4 Å². The molecule has 2 heterocycles. The van der Waals surface area contributed by atoms with Crippen LogP contribution in [0.4, 0.5) is 15.9 Å². The largest absolute Gasteiger partial charge is 0.340 e. The standard InChI is InChI=1S/C17H16FN3S.ClH/c1-10-19-16(21-12-8-6-11(18)7-9-12)15-13-4-2-3-5-14(13)22-17(15)20-10;/h6-9H,2-5H2,1H3,(H,19,20,21);1H. The lowest BCUT2D eigenvalue weighted by atomic mass is 9.97. The Bertz CT molecular complexity index is 845. The molecule has 4 rings (SSSR count). The lowest BCUT2D eigenvalue weighted by Crippen LogP contribution is -2.02. The lowest BCUT2D eigenvalue weighted by Gasteiger charge is -2.13. The Kier molecular flexibility index (Phi) is 4.50. The second-order valence-electron chi connectivity index (χ2n) is 5.64. The van der Waals surface area contributed by atoms with E-state index >= 15 is 0 Å². The molecular formula is C17H17ClFN3S. The van der Waals surface area contributed by atoms with Crippen LogP contribution in [0.25, 0.3) is 10.2 Å². The van der Waals surface area contributed by atoms with Crippen LogP contribution in [-0.4, -0.2) is 9.97 Å². The minimum absolute atomic E-state index is 0. The maximum atomic E-state index is 13.1. The second kappa shape index (κ2) is 6.42. The Hall–Kier alpha value is -1.72. The van der Waals surface area contributed by atoms with Crippen molar-refractivity contribution < 1.29 is 4.39 Å². The van der Waals surface area contributed by atoms with Gasteiger partial charge in [0.25, 0.3) is 0 Å². The maximum absolute atomic E-state index is 13.1. The zero-order valence-electron chi connectivity index (χ0n) is 12.7. The van der Waals surface area contributed by atoms with Crippen LogP contribution in [0.1, 0.15) is 29.1 Å². The Morgan fingerprint density at radius 2 is 1.83 bits per heavy atom. The number of fused-ring (bicyclic) bond motifs is 3. The molecule has 0 saturated carbocycles. The Labute approximate surface area is 144 Å². The molecule has 0 saturated heterocycles. The van der Waals surface area contributed by atoms with Gasteiger partial charge in [0.2, 0.25) is 0 Å². The highest BCUT2D eigenvalue weighted by Crippen LogP contribution is 2.39. The number of hydrogen-bond donors (Lipinski definition) is 1. The third-order valence-electron chi connectivity index (χ3n) is 4.03. The van der Waals surface area contributed by atoms with Gasteiger partial charge in [0.15, 0.2) is 0 Å². The van der Waals surface area contributed by atoms with Crippen molar-refractivity contribution in [2.45, 2.75) is 32.6 Å². The smallest absolute Gasteiger partial charge is 0.143 e. The molecule has 0 radical (unpaired) electrons. The van der Waals surface area contributed by atoms with E-state index in [1.54, 1.807) is 23.5 Å². The van der Waals surface area contributed by atoms with Crippen molar-refractivity contribution in [3.8, 4) is 0 Å². The topological polar surface area (TPSA) is 37.8 Å². The molecule has 0 bridgehead atoms. The van der Waals surface area contributed by atoms with E-state index in [0.29, 0.717) is 0 Å². The first-order valence-electron chi connectivity index (χ1n) is 7.52.